The third-order valence-electron chi connectivity index (χ3n) is 2.59. The molecule has 7 nitrogen and oxygen atoms in total. The van der Waals surface area contributed by atoms with E-state index in [9.17, 15) is 0 Å². The van der Waals surface area contributed by atoms with E-state index in [1.54, 1.807) is 19.4 Å². The molecular formula is C13H17N5O2. The molecule has 0 aliphatic heterocycles. The molecule has 0 unspecified atom stereocenters. The molecule has 0 aliphatic rings. The molecule has 0 aromatic carbocycles. The number of nitrogens with one attached hydrogen (secondary N) is 1. The highest BCUT2D eigenvalue weighted by Crippen LogP contribution is 2.12. The van der Waals surface area contributed by atoms with Crippen LogP contribution >= 0.6 is 0 Å². The fraction of sp³-hybridized carbons (Fsp3) is 0.385. The van der Waals surface area contributed by atoms with Gasteiger partial charge in [-0.05, 0) is 30.5 Å². The Morgan fingerprint density at radius 1 is 1.10 bits per heavy atom. The summed E-state index contributed by atoms with van der Waals surface area (Å²) < 4.78 is 10.5. The lowest BCUT2D eigenvalue weighted by Gasteiger charge is -2.07. The molecule has 0 atom stereocenters. The zero-order valence-electron chi connectivity index (χ0n) is 11.5. The summed E-state index contributed by atoms with van der Waals surface area (Å²) in [5, 5.41) is 2.83. The van der Waals surface area contributed by atoms with E-state index in [2.05, 4.69) is 25.3 Å². The van der Waals surface area contributed by atoms with Crippen LogP contribution in [0.3, 0.4) is 0 Å². The summed E-state index contributed by atoms with van der Waals surface area (Å²) in [6.45, 7) is 0.526. The van der Waals surface area contributed by atoms with Crippen molar-refractivity contribution in [1.82, 2.24) is 19.9 Å². The lowest BCUT2D eigenvalue weighted by atomic mass is 10.1. The lowest BCUT2D eigenvalue weighted by molar-refractivity contribution is 0.277. The minimum absolute atomic E-state index is 0.230. The summed E-state index contributed by atoms with van der Waals surface area (Å²) >= 11 is 0. The minimum Gasteiger partial charge on any atom is -0.467 e. The van der Waals surface area contributed by atoms with Crippen LogP contribution in [0.1, 0.15) is 12.0 Å². The molecule has 106 valence electrons. The SMILES string of the molecule is CNc1nc(OC)nc(OCCCc2ccncc2)n1. The quantitative estimate of drug-likeness (QED) is 0.763. The van der Waals surface area contributed by atoms with E-state index in [1.807, 2.05) is 12.1 Å². The van der Waals surface area contributed by atoms with E-state index in [0.717, 1.165) is 12.8 Å². The topological polar surface area (TPSA) is 82.1 Å². The summed E-state index contributed by atoms with van der Waals surface area (Å²) in [6.07, 6.45) is 5.36. The second-order valence-corrected chi connectivity index (χ2v) is 3.99. The summed E-state index contributed by atoms with van der Waals surface area (Å²) in [4.78, 5) is 16.1. The Morgan fingerprint density at radius 2 is 1.85 bits per heavy atom. The number of hydrogen-bond donors (Lipinski definition) is 1. The number of aryl methyl sites for hydroxylation is 1. The first-order chi connectivity index (χ1) is 9.81. The first-order valence-corrected chi connectivity index (χ1v) is 6.31. The van der Waals surface area contributed by atoms with Gasteiger partial charge in [-0.25, -0.2) is 0 Å². The number of nitrogens with zero attached hydrogens (tertiary/aromatic N) is 4. The van der Waals surface area contributed by atoms with Gasteiger partial charge in [0.1, 0.15) is 0 Å². The summed E-state index contributed by atoms with van der Waals surface area (Å²) in [5.41, 5.74) is 1.23. The Labute approximate surface area is 117 Å². The van der Waals surface area contributed by atoms with Crippen LogP contribution in [0.25, 0.3) is 0 Å². The van der Waals surface area contributed by atoms with Crippen molar-refractivity contribution >= 4 is 5.95 Å². The number of aromatic nitrogens is 4. The van der Waals surface area contributed by atoms with E-state index in [4.69, 9.17) is 9.47 Å². The zero-order chi connectivity index (χ0) is 14.2. The summed E-state index contributed by atoms with van der Waals surface area (Å²) in [6, 6.07) is 4.47. The molecule has 2 aromatic rings. The Hall–Kier alpha value is -2.44. The third kappa shape index (κ3) is 4.04. The van der Waals surface area contributed by atoms with Crippen molar-refractivity contribution in [2.45, 2.75) is 12.8 Å². The third-order valence-corrected chi connectivity index (χ3v) is 2.59. The number of methoxy groups -OCH3 is 1. The van der Waals surface area contributed by atoms with Crippen LogP contribution < -0.4 is 14.8 Å². The van der Waals surface area contributed by atoms with Gasteiger partial charge < -0.3 is 14.8 Å². The molecule has 0 spiro atoms. The Morgan fingerprint density at radius 3 is 2.55 bits per heavy atom. The van der Waals surface area contributed by atoms with Crippen LogP contribution in [0, 0.1) is 0 Å². The lowest BCUT2D eigenvalue weighted by Crippen LogP contribution is -2.07. The van der Waals surface area contributed by atoms with Crippen molar-refractivity contribution in [1.29, 1.82) is 0 Å². The summed E-state index contributed by atoms with van der Waals surface area (Å²) in [5.74, 6) is 0.418. The average molecular weight is 275 g/mol. The largest absolute Gasteiger partial charge is 0.467 e. The van der Waals surface area contributed by atoms with Gasteiger partial charge in [0.05, 0.1) is 13.7 Å². The number of pyridine rings is 1. The number of ether oxygens (including phenoxy) is 2. The maximum atomic E-state index is 5.51. The first kappa shape index (κ1) is 14.0. The Balaban J connectivity index is 1.84. The molecule has 0 saturated carbocycles. The van der Waals surface area contributed by atoms with Gasteiger partial charge in [0.2, 0.25) is 5.95 Å². The maximum Gasteiger partial charge on any atom is 0.324 e. The molecule has 0 aliphatic carbocycles. The summed E-state index contributed by atoms with van der Waals surface area (Å²) in [7, 11) is 3.23. The molecule has 2 rings (SSSR count). The molecule has 7 heteroatoms. The van der Waals surface area contributed by atoms with Gasteiger partial charge in [0.25, 0.3) is 0 Å². The average Bonchev–Trinajstić information content (AvgIpc) is 2.52. The normalized spacial score (nSPS) is 10.1. The molecule has 2 aromatic heterocycles. The smallest absolute Gasteiger partial charge is 0.324 e. The molecule has 0 fully saturated rings. The van der Waals surface area contributed by atoms with E-state index < -0.39 is 0 Å². The highest BCUT2D eigenvalue weighted by molar-refractivity contribution is 5.26. The Bertz CT molecular complexity index is 513. The van der Waals surface area contributed by atoms with Crippen molar-refractivity contribution in [3.63, 3.8) is 0 Å². The maximum absolute atomic E-state index is 5.51. The first-order valence-electron chi connectivity index (χ1n) is 6.31. The second-order valence-electron chi connectivity index (χ2n) is 3.99. The molecular weight excluding hydrogens is 258 g/mol. The highest BCUT2D eigenvalue weighted by Gasteiger charge is 2.06. The molecule has 2 heterocycles. The van der Waals surface area contributed by atoms with E-state index >= 15 is 0 Å². The van der Waals surface area contributed by atoms with Gasteiger partial charge in [-0.3, -0.25) is 4.98 Å². The van der Waals surface area contributed by atoms with Crippen LogP contribution in [0.4, 0.5) is 5.95 Å². The fourth-order valence-electron chi connectivity index (χ4n) is 1.59. The number of rotatable bonds is 7. The van der Waals surface area contributed by atoms with Crippen molar-refractivity contribution in [2.75, 3.05) is 26.1 Å². The van der Waals surface area contributed by atoms with Crippen LogP contribution in [0.5, 0.6) is 12.0 Å². The minimum atomic E-state index is 0.230. The second kappa shape index (κ2) is 7.22. The number of anilines is 1. The van der Waals surface area contributed by atoms with Crippen molar-refractivity contribution < 1.29 is 9.47 Å². The zero-order valence-corrected chi connectivity index (χ0v) is 11.5. The van der Waals surface area contributed by atoms with Gasteiger partial charge in [0.15, 0.2) is 0 Å². The molecule has 0 bridgehead atoms. The van der Waals surface area contributed by atoms with Gasteiger partial charge in [-0.15, -0.1) is 4.98 Å². The highest BCUT2D eigenvalue weighted by atomic mass is 16.5. The Kier molecular flexibility index (Phi) is 5.05. The van der Waals surface area contributed by atoms with Crippen molar-refractivity contribution in [3.8, 4) is 12.0 Å². The van der Waals surface area contributed by atoms with Gasteiger partial charge in [0, 0.05) is 19.4 Å². The monoisotopic (exact) mass is 275 g/mol. The molecule has 0 saturated heterocycles. The van der Waals surface area contributed by atoms with Crippen molar-refractivity contribution in [3.05, 3.63) is 30.1 Å². The van der Waals surface area contributed by atoms with Crippen molar-refractivity contribution in [2.24, 2.45) is 0 Å². The molecule has 0 amide bonds. The van der Waals surface area contributed by atoms with Gasteiger partial charge in [-0.1, -0.05) is 0 Å². The molecule has 20 heavy (non-hydrogen) atoms. The standard InChI is InChI=1S/C13H17N5O2/c1-14-11-16-12(19-2)18-13(17-11)20-9-3-4-10-5-7-15-8-6-10/h5-8H,3-4,9H2,1-2H3,(H,14,16,17,18). The van der Waals surface area contributed by atoms with E-state index in [0.29, 0.717) is 12.6 Å². The number of hydrogen-bond acceptors (Lipinski definition) is 7. The van der Waals surface area contributed by atoms with Crippen LogP contribution in [0.15, 0.2) is 24.5 Å². The molecule has 1 N–H and O–H groups in total. The van der Waals surface area contributed by atoms with Gasteiger partial charge >= 0.3 is 12.0 Å². The van der Waals surface area contributed by atoms with E-state index in [-0.39, 0.29) is 12.0 Å². The fourth-order valence-corrected chi connectivity index (χ4v) is 1.59. The van der Waals surface area contributed by atoms with Crippen LogP contribution in [-0.4, -0.2) is 40.7 Å². The van der Waals surface area contributed by atoms with Crippen LogP contribution in [0.2, 0.25) is 0 Å². The predicted octanol–water partition coefficient (Wildman–Crippen LogP) is 1.33. The predicted molar refractivity (Wildman–Crippen MR) is 74.0 cm³/mol. The van der Waals surface area contributed by atoms with Crippen LogP contribution in [-0.2, 0) is 6.42 Å². The molecule has 0 radical (unpaired) electrons. The van der Waals surface area contributed by atoms with Gasteiger partial charge in [-0.2, -0.15) is 9.97 Å². The van der Waals surface area contributed by atoms with E-state index in [1.165, 1.54) is 12.7 Å².